The van der Waals surface area contributed by atoms with Gasteiger partial charge >= 0.3 is 0 Å². The molecular weight excluding hydrogens is 313 g/mol. The first-order valence-corrected chi connectivity index (χ1v) is 7.04. The van der Waals surface area contributed by atoms with E-state index in [1.807, 2.05) is 26.0 Å². The molecule has 1 aliphatic rings. The van der Waals surface area contributed by atoms with Gasteiger partial charge in [0, 0.05) is 0 Å². The number of halogens is 3. The summed E-state index contributed by atoms with van der Waals surface area (Å²) in [6.45, 7) is 6.00. The summed E-state index contributed by atoms with van der Waals surface area (Å²) in [5.41, 5.74) is 0. The molecule has 0 radical (unpaired) electrons. The van der Waals surface area contributed by atoms with Gasteiger partial charge in [-0.25, -0.2) is 0 Å². The molecule has 0 saturated carbocycles. The minimum Gasteiger partial charge on any atom is -0.425 e. The van der Waals surface area contributed by atoms with E-state index in [0.29, 0.717) is 0 Å². The molecule has 1 aliphatic heterocycles. The predicted octanol–water partition coefficient (Wildman–Crippen LogP) is -0.708. The van der Waals surface area contributed by atoms with E-state index in [-0.39, 0.29) is 37.2 Å². The van der Waals surface area contributed by atoms with Crippen molar-refractivity contribution in [2.24, 2.45) is 0 Å². The third-order valence-electron chi connectivity index (χ3n) is 0.500. The minimum absolute atomic E-state index is 0. The van der Waals surface area contributed by atoms with Crippen LogP contribution < -0.4 is 0 Å². The van der Waals surface area contributed by atoms with E-state index >= 15 is 0 Å². The Morgan fingerprint density at radius 2 is 0.867 bits per heavy atom. The lowest BCUT2D eigenvalue weighted by atomic mass is 11.0. The standard InChI is InChI=1S/C3H9N.C2H4.3ClH.H6O3Si3/c1-4(2)3;1-2;;;;1-4-2-6-3-5-1/h1-3H3;1-2H2;3*1H;4-6H2. The Labute approximate surface area is 119 Å². The highest BCUT2D eigenvalue weighted by molar-refractivity contribution is 6.50. The largest absolute Gasteiger partial charge is 0.425 e. The van der Waals surface area contributed by atoms with Crippen molar-refractivity contribution >= 4 is 67.2 Å². The Bertz CT molecular complexity index is 78.9. The predicted molar refractivity (Wildman–Crippen MR) is 81.5 cm³/mol. The van der Waals surface area contributed by atoms with Crippen molar-refractivity contribution < 1.29 is 12.3 Å². The van der Waals surface area contributed by atoms with Crippen LogP contribution in [0.4, 0.5) is 0 Å². The van der Waals surface area contributed by atoms with Gasteiger partial charge in [0.05, 0.1) is 0 Å². The quantitative estimate of drug-likeness (QED) is 0.433. The molecule has 0 spiro atoms. The van der Waals surface area contributed by atoms with Gasteiger partial charge in [-0.1, -0.05) is 0 Å². The van der Waals surface area contributed by atoms with Crippen molar-refractivity contribution in [3.63, 3.8) is 0 Å². The Morgan fingerprint density at radius 3 is 0.933 bits per heavy atom. The number of nitrogens with zero attached hydrogens (tertiary/aromatic N) is 1. The third-order valence-corrected chi connectivity index (χ3v) is 4.50. The molecule has 10 heteroatoms. The number of hydrogen-bond acceptors (Lipinski definition) is 4. The fraction of sp³-hybridized carbons (Fsp3) is 0.600. The lowest BCUT2D eigenvalue weighted by Gasteiger charge is -2.10. The molecule has 0 atom stereocenters. The van der Waals surface area contributed by atoms with E-state index in [4.69, 9.17) is 12.3 Å². The molecule has 0 bridgehead atoms. The van der Waals surface area contributed by atoms with E-state index in [1.165, 1.54) is 0 Å². The topological polar surface area (TPSA) is 30.9 Å². The molecule has 0 amide bonds. The Kier molecular flexibility index (Phi) is 58.5. The fourth-order valence-electron chi connectivity index (χ4n) is 0.279. The fourth-order valence-corrected chi connectivity index (χ4v) is 5.69. The van der Waals surface area contributed by atoms with Crippen LogP contribution in [-0.4, -0.2) is 56.1 Å². The molecule has 1 rings (SSSR count). The van der Waals surface area contributed by atoms with Gasteiger partial charge in [0.1, 0.15) is 0 Å². The summed E-state index contributed by atoms with van der Waals surface area (Å²) >= 11 is 0. The lowest BCUT2D eigenvalue weighted by Crippen LogP contribution is -2.23. The van der Waals surface area contributed by atoms with Gasteiger partial charge in [-0.15, -0.1) is 50.4 Å². The Balaban J connectivity index is -0.0000000339. The van der Waals surface area contributed by atoms with E-state index in [2.05, 4.69) is 13.2 Å². The van der Waals surface area contributed by atoms with Gasteiger partial charge in [-0.2, -0.15) is 0 Å². The van der Waals surface area contributed by atoms with Gasteiger partial charge in [0.25, 0.3) is 30.0 Å². The highest BCUT2D eigenvalue weighted by Gasteiger charge is 1.96. The van der Waals surface area contributed by atoms with Gasteiger partial charge in [-0.3, -0.25) is 0 Å². The second kappa shape index (κ2) is 29.4. The summed E-state index contributed by atoms with van der Waals surface area (Å²) in [5.74, 6) is 0. The van der Waals surface area contributed by atoms with Crippen LogP contribution in [-0.2, 0) is 12.3 Å². The molecule has 0 N–H and O–H groups in total. The Hall–Kier alpha value is 1.10. The van der Waals surface area contributed by atoms with Crippen molar-refractivity contribution in [1.29, 1.82) is 0 Å². The minimum atomic E-state index is -0.493. The van der Waals surface area contributed by atoms with Crippen LogP contribution in [0.5, 0.6) is 0 Å². The first-order chi connectivity index (χ1) is 5.73. The summed E-state index contributed by atoms with van der Waals surface area (Å²) in [6.07, 6.45) is 0. The molecule has 1 heterocycles. The van der Waals surface area contributed by atoms with Crippen LogP contribution in [0.1, 0.15) is 0 Å². The highest BCUT2D eigenvalue weighted by Crippen LogP contribution is 1.78. The van der Waals surface area contributed by atoms with Crippen molar-refractivity contribution in [3.8, 4) is 0 Å². The lowest BCUT2D eigenvalue weighted by molar-refractivity contribution is 0.347. The third kappa shape index (κ3) is 51.4. The smallest absolute Gasteiger partial charge is 0.286 e. The molecule has 0 aromatic heterocycles. The summed E-state index contributed by atoms with van der Waals surface area (Å²) in [5, 5.41) is 0. The normalized spacial score (nSPS) is 17.1. The number of hydrogen-bond donors (Lipinski definition) is 0. The summed E-state index contributed by atoms with van der Waals surface area (Å²) in [7, 11) is 4.52. The number of rotatable bonds is 0. The van der Waals surface area contributed by atoms with Crippen LogP contribution >= 0.6 is 37.2 Å². The second-order valence-electron chi connectivity index (χ2n) is 2.31. The molecule has 15 heavy (non-hydrogen) atoms. The van der Waals surface area contributed by atoms with Crippen molar-refractivity contribution in [3.05, 3.63) is 13.2 Å². The molecular formula is C5H22Cl3NO3Si3. The molecule has 0 aliphatic carbocycles. The van der Waals surface area contributed by atoms with Crippen LogP contribution in [0, 0.1) is 0 Å². The van der Waals surface area contributed by atoms with Gasteiger partial charge in [0.15, 0.2) is 0 Å². The molecule has 0 aromatic rings. The molecule has 1 fully saturated rings. The van der Waals surface area contributed by atoms with Crippen LogP contribution in [0.25, 0.3) is 0 Å². The first-order valence-electron chi connectivity index (χ1n) is 3.57. The maximum atomic E-state index is 4.94. The van der Waals surface area contributed by atoms with E-state index < -0.39 is 30.0 Å². The molecule has 4 nitrogen and oxygen atoms in total. The molecule has 0 aromatic carbocycles. The zero-order chi connectivity index (χ0) is 9.82. The molecule has 1 saturated heterocycles. The second-order valence-corrected chi connectivity index (χ2v) is 7.91. The van der Waals surface area contributed by atoms with Crippen LogP contribution in [0.2, 0.25) is 0 Å². The van der Waals surface area contributed by atoms with Crippen molar-refractivity contribution in [2.45, 2.75) is 0 Å². The van der Waals surface area contributed by atoms with Crippen LogP contribution in [0.3, 0.4) is 0 Å². The Morgan fingerprint density at radius 1 is 0.733 bits per heavy atom. The zero-order valence-electron chi connectivity index (χ0n) is 9.43. The van der Waals surface area contributed by atoms with E-state index in [9.17, 15) is 0 Å². The van der Waals surface area contributed by atoms with Crippen molar-refractivity contribution in [2.75, 3.05) is 21.1 Å². The highest BCUT2D eigenvalue weighted by atomic mass is 35.5. The average molecular weight is 335 g/mol. The van der Waals surface area contributed by atoms with Gasteiger partial charge in [-0.05, 0) is 21.1 Å². The van der Waals surface area contributed by atoms with Gasteiger partial charge in [0.2, 0.25) is 0 Å². The summed E-state index contributed by atoms with van der Waals surface area (Å²) in [4.78, 5) is 2.00. The first kappa shape index (κ1) is 29.8. The summed E-state index contributed by atoms with van der Waals surface area (Å²) in [6, 6.07) is 0. The SMILES string of the molecule is C=C.CN(C)C.Cl.Cl.Cl.O1[SiH2]O[SiH2]O[SiH2]1. The van der Waals surface area contributed by atoms with Gasteiger partial charge < -0.3 is 17.2 Å². The van der Waals surface area contributed by atoms with Crippen LogP contribution in [0.15, 0.2) is 13.2 Å². The maximum absolute atomic E-state index is 4.94. The zero-order valence-corrected chi connectivity index (χ0v) is 16.1. The van der Waals surface area contributed by atoms with E-state index in [1.54, 1.807) is 0 Å². The van der Waals surface area contributed by atoms with E-state index in [0.717, 1.165) is 0 Å². The monoisotopic (exact) mass is 333 g/mol. The maximum Gasteiger partial charge on any atom is 0.286 e. The average Bonchev–Trinajstić information content (AvgIpc) is 2.10. The molecule has 0 unspecified atom stereocenters. The summed E-state index contributed by atoms with van der Waals surface area (Å²) < 4.78 is 14.8. The van der Waals surface area contributed by atoms with Crippen molar-refractivity contribution in [1.82, 2.24) is 4.90 Å². The molecule has 98 valence electrons.